The number of ether oxygens (including phenoxy) is 1. The van der Waals surface area contributed by atoms with E-state index in [1.807, 2.05) is 13.0 Å². The van der Waals surface area contributed by atoms with Crippen molar-refractivity contribution in [2.45, 2.75) is 11.8 Å². The summed E-state index contributed by atoms with van der Waals surface area (Å²) in [5.74, 6) is -0.156. The molecule has 0 radical (unpaired) electrons. The molecule has 0 aliphatic carbocycles. The summed E-state index contributed by atoms with van der Waals surface area (Å²) in [7, 11) is -3.27. The lowest BCUT2D eigenvalue weighted by Crippen LogP contribution is -1.98. The van der Waals surface area contributed by atoms with Gasteiger partial charge in [0.05, 0.1) is 10.5 Å². The van der Waals surface area contributed by atoms with Crippen LogP contribution < -0.4 is 4.74 Å². The van der Waals surface area contributed by atoms with Gasteiger partial charge >= 0.3 is 5.97 Å². The van der Waals surface area contributed by atoms with Crippen molar-refractivity contribution in [1.82, 2.24) is 0 Å². The van der Waals surface area contributed by atoms with E-state index in [9.17, 15) is 18.3 Å². The van der Waals surface area contributed by atoms with Gasteiger partial charge in [0.1, 0.15) is 11.5 Å². The lowest BCUT2D eigenvalue weighted by Gasteiger charge is -2.09. The van der Waals surface area contributed by atoms with Crippen LogP contribution in [-0.2, 0) is 9.84 Å². The molecular weight excluding hydrogens is 348 g/mol. The van der Waals surface area contributed by atoms with Gasteiger partial charge in [0.15, 0.2) is 9.84 Å². The molecule has 0 amide bonds. The number of rotatable bonds is 4. The molecule has 0 spiro atoms. The molecule has 0 aliphatic rings. The summed E-state index contributed by atoms with van der Waals surface area (Å²) in [6, 6.07) is 11.1. The molecular formula is C17H14O5S2. The van der Waals surface area contributed by atoms with E-state index in [4.69, 9.17) is 4.74 Å². The molecule has 24 heavy (non-hydrogen) atoms. The van der Waals surface area contributed by atoms with E-state index in [-0.39, 0.29) is 10.5 Å². The van der Waals surface area contributed by atoms with Gasteiger partial charge < -0.3 is 9.84 Å². The molecule has 0 saturated heterocycles. The van der Waals surface area contributed by atoms with Gasteiger partial charge in [-0.1, -0.05) is 0 Å². The minimum atomic E-state index is -3.27. The molecule has 0 bridgehead atoms. The molecule has 0 unspecified atom stereocenters. The van der Waals surface area contributed by atoms with Crippen LogP contribution in [0.5, 0.6) is 11.5 Å². The molecule has 0 saturated carbocycles. The van der Waals surface area contributed by atoms with Crippen LogP contribution in [0, 0.1) is 6.92 Å². The highest BCUT2D eigenvalue weighted by atomic mass is 32.2. The zero-order chi connectivity index (χ0) is 17.5. The van der Waals surface area contributed by atoms with E-state index in [1.54, 1.807) is 18.2 Å². The van der Waals surface area contributed by atoms with Crippen molar-refractivity contribution >= 4 is 37.2 Å². The molecule has 3 rings (SSSR count). The quantitative estimate of drug-likeness (QED) is 0.755. The zero-order valence-corrected chi connectivity index (χ0v) is 14.6. The summed E-state index contributed by atoms with van der Waals surface area (Å²) < 4.78 is 29.6. The number of sulfone groups is 1. The summed E-state index contributed by atoms with van der Waals surface area (Å²) in [6.45, 7) is 1.94. The van der Waals surface area contributed by atoms with Crippen molar-refractivity contribution in [2.24, 2.45) is 0 Å². The number of aryl methyl sites for hydroxylation is 1. The van der Waals surface area contributed by atoms with Gasteiger partial charge in [0.2, 0.25) is 0 Å². The number of carboxylic acid groups (broad SMARTS) is 1. The smallest absolute Gasteiger partial charge is 0.335 e. The van der Waals surface area contributed by atoms with E-state index in [0.29, 0.717) is 11.5 Å². The second kappa shape index (κ2) is 5.92. The summed E-state index contributed by atoms with van der Waals surface area (Å²) in [6.07, 6.45) is 1.14. The van der Waals surface area contributed by atoms with Crippen LogP contribution in [0.4, 0.5) is 0 Å². The molecule has 2 aromatic carbocycles. The number of hydrogen-bond acceptors (Lipinski definition) is 5. The topological polar surface area (TPSA) is 80.7 Å². The lowest BCUT2D eigenvalue weighted by molar-refractivity contribution is 0.0696. The molecule has 1 aromatic heterocycles. The first-order valence-corrected chi connectivity index (χ1v) is 9.70. The van der Waals surface area contributed by atoms with E-state index in [1.165, 1.54) is 29.5 Å². The molecule has 1 heterocycles. The van der Waals surface area contributed by atoms with Crippen LogP contribution in [0.2, 0.25) is 0 Å². The standard InChI is InChI=1S/C17H14O5S2/c1-10-7-14-15(8-11(17(18)19)9-16(14)23-10)22-12-3-5-13(6-4-12)24(2,20)21/h3-9H,1-2H3,(H,18,19). The molecule has 0 fully saturated rings. The third kappa shape index (κ3) is 3.27. The Morgan fingerprint density at radius 1 is 1.12 bits per heavy atom. The van der Waals surface area contributed by atoms with Gasteiger partial charge in [0.25, 0.3) is 0 Å². The Hall–Kier alpha value is -2.38. The van der Waals surface area contributed by atoms with Crippen molar-refractivity contribution in [3.05, 3.63) is 52.9 Å². The third-order valence-corrected chi connectivity index (χ3v) is 5.58. The van der Waals surface area contributed by atoms with Crippen molar-refractivity contribution in [3.63, 3.8) is 0 Å². The Morgan fingerprint density at radius 2 is 1.79 bits per heavy atom. The Kier molecular flexibility index (Phi) is 4.06. The van der Waals surface area contributed by atoms with Crippen LogP contribution in [0.25, 0.3) is 10.1 Å². The molecule has 0 aliphatic heterocycles. The second-order valence-corrected chi connectivity index (χ2v) is 8.70. The maximum absolute atomic E-state index is 11.5. The monoisotopic (exact) mass is 362 g/mol. The highest BCUT2D eigenvalue weighted by Gasteiger charge is 2.14. The minimum Gasteiger partial charge on any atom is -0.478 e. The molecule has 5 nitrogen and oxygen atoms in total. The second-order valence-electron chi connectivity index (χ2n) is 5.39. The summed E-state index contributed by atoms with van der Waals surface area (Å²) in [5, 5.41) is 10.1. The fourth-order valence-electron chi connectivity index (χ4n) is 2.32. The van der Waals surface area contributed by atoms with Gasteiger partial charge in [0, 0.05) is 21.2 Å². The number of carbonyl (C=O) groups is 1. The summed E-state index contributed by atoms with van der Waals surface area (Å²) in [5.41, 5.74) is 0.145. The fourth-order valence-corrected chi connectivity index (χ4v) is 3.93. The first kappa shape index (κ1) is 16.5. The summed E-state index contributed by atoms with van der Waals surface area (Å²) in [4.78, 5) is 12.5. The first-order valence-electron chi connectivity index (χ1n) is 6.99. The predicted molar refractivity (Wildman–Crippen MR) is 93.1 cm³/mol. The molecule has 0 atom stereocenters. The van der Waals surface area contributed by atoms with Crippen LogP contribution >= 0.6 is 11.3 Å². The predicted octanol–water partition coefficient (Wildman–Crippen LogP) is 4.10. The third-order valence-electron chi connectivity index (χ3n) is 3.45. The highest BCUT2D eigenvalue weighted by Crippen LogP contribution is 2.36. The average Bonchev–Trinajstić information content (AvgIpc) is 2.87. The number of fused-ring (bicyclic) bond motifs is 1. The SMILES string of the molecule is Cc1cc2c(Oc3ccc(S(C)(=O)=O)cc3)cc(C(=O)O)cc2s1. The Balaban J connectivity index is 2.04. The maximum atomic E-state index is 11.5. The largest absolute Gasteiger partial charge is 0.478 e. The zero-order valence-electron chi connectivity index (χ0n) is 12.9. The van der Waals surface area contributed by atoms with Crippen LogP contribution in [-0.4, -0.2) is 25.7 Å². The van der Waals surface area contributed by atoms with Crippen molar-refractivity contribution < 1.29 is 23.1 Å². The fraction of sp³-hybridized carbons (Fsp3) is 0.118. The normalized spacial score (nSPS) is 11.6. The highest BCUT2D eigenvalue weighted by molar-refractivity contribution is 7.90. The van der Waals surface area contributed by atoms with Crippen molar-refractivity contribution in [2.75, 3.05) is 6.26 Å². The van der Waals surface area contributed by atoms with Crippen LogP contribution in [0.1, 0.15) is 15.2 Å². The van der Waals surface area contributed by atoms with Gasteiger partial charge in [-0.3, -0.25) is 0 Å². The Bertz CT molecular complexity index is 1030. The van der Waals surface area contributed by atoms with Crippen LogP contribution in [0.3, 0.4) is 0 Å². The lowest BCUT2D eigenvalue weighted by atomic mass is 10.1. The van der Waals surface area contributed by atoms with Crippen molar-refractivity contribution in [1.29, 1.82) is 0 Å². The van der Waals surface area contributed by atoms with E-state index >= 15 is 0 Å². The molecule has 7 heteroatoms. The Labute approximate surface area is 143 Å². The number of carboxylic acids is 1. The van der Waals surface area contributed by atoms with Gasteiger partial charge in [-0.15, -0.1) is 11.3 Å². The first-order chi connectivity index (χ1) is 11.2. The van der Waals surface area contributed by atoms with Crippen LogP contribution in [0.15, 0.2) is 47.4 Å². The van der Waals surface area contributed by atoms with E-state index < -0.39 is 15.8 Å². The number of thiophene rings is 1. The number of benzene rings is 2. The molecule has 1 N–H and O–H groups in total. The average molecular weight is 362 g/mol. The van der Waals surface area contributed by atoms with E-state index in [2.05, 4.69) is 0 Å². The number of aromatic carboxylic acids is 1. The minimum absolute atomic E-state index is 0.145. The van der Waals surface area contributed by atoms with Gasteiger partial charge in [-0.05, 0) is 49.4 Å². The van der Waals surface area contributed by atoms with Crippen molar-refractivity contribution in [3.8, 4) is 11.5 Å². The summed E-state index contributed by atoms with van der Waals surface area (Å²) >= 11 is 1.49. The molecule has 3 aromatic rings. The maximum Gasteiger partial charge on any atom is 0.335 e. The van der Waals surface area contributed by atoms with E-state index in [0.717, 1.165) is 21.2 Å². The Morgan fingerprint density at radius 3 is 2.38 bits per heavy atom. The van der Waals surface area contributed by atoms with Gasteiger partial charge in [-0.25, -0.2) is 13.2 Å². The van der Waals surface area contributed by atoms with Gasteiger partial charge in [-0.2, -0.15) is 0 Å². The number of hydrogen-bond donors (Lipinski definition) is 1. The molecule has 124 valence electrons.